The van der Waals surface area contributed by atoms with Crippen LogP contribution in [0, 0.1) is 0 Å². The summed E-state index contributed by atoms with van der Waals surface area (Å²) in [6.45, 7) is 1.90. The molecule has 29 heavy (non-hydrogen) atoms. The van der Waals surface area contributed by atoms with Crippen molar-refractivity contribution in [2.45, 2.75) is 25.6 Å². The van der Waals surface area contributed by atoms with Crippen molar-refractivity contribution in [3.63, 3.8) is 0 Å². The molecule has 1 unspecified atom stereocenters. The monoisotopic (exact) mass is 426 g/mol. The molecule has 0 saturated carbocycles. The van der Waals surface area contributed by atoms with Crippen LogP contribution in [0.2, 0.25) is 5.02 Å². The highest BCUT2D eigenvalue weighted by Gasteiger charge is 2.37. The van der Waals surface area contributed by atoms with Gasteiger partial charge in [-0.25, -0.2) is 4.99 Å². The summed E-state index contributed by atoms with van der Waals surface area (Å²) < 4.78 is 41.0. The summed E-state index contributed by atoms with van der Waals surface area (Å²) in [6, 6.07) is 4.37. The average molecular weight is 427 g/mol. The molecule has 1 saturated heterocycles. The molecule has 1 amide bonds. The van der Waals surface area contributed by atoms with Crippen LogP contribution in [0.3, 0.4) is 0 Å². The third-order valence-corrected chi connectivity index (χ3v) is 5.04. The van der Waals surface area contributed by atoms with Crippen LogP contribution in [0.1, 0.15) is 29.3 Å². The molecule has 7 nitrogen and oxygen atoms in total. The summed E-state index contributed by atoms with van der Waals surface area (Å²) in [7, 11) is 1.75. The smallest absolute Gasteiger partial charge is 0.330 e. The predicted octanol–water partition coefficient (Wildman–Crippen LogP) is 3.41. The number of hydrogen-bond donors (Lipinski definition) is 1. The molecule has 0 spiro atoms. The van der Waals surface area contributed by atoms with Crippen molar-refractivity contribution >= 4 is 34.7 Å². The van der Waals surface area contributed by atoms with Crippen LogP contribution in [0.25, 0.3) is 0 Å². The van der Waals surface area contributed by atoms with Gasteiger partial charge in [0.25, 0.3) is 5.91 Å². The molecule has 1 fully saturated rings. The number of likely N-dealkylation sites (tertiary alicyclic amines) is 1. The molecule has 1 aromatic carbocycles. The minimum absolute atomic E-state index is 0.220. The molecule has 3 rings (SSSR count). The third-order valence-electron chi connectivity index (χ3n) is 4.63. The van der Waals surface area contributed by atoms with E-state index in [0.717, 1.165) is 12.1 Å². The van der Waals surface area contributed by atoms with Gasteiger partial charge in [-0.05, 0) is 19.1 Å². The maximum Gasteiger partial charge on any atom is 0.417 e. The van der Waals surface area contributed by atoms with Gasteiger partial charge in [-0.2, -0.15) is 23.4 Å². The number of carbonyl (C=O) groups excluding carboxylic acids is 1. The Labute approximate surface area is 169 Å². The normalized spacial score (nSPS) is 20.5. The second-order valence-corrected chi connectivity index (χ2v) is 6.89. The van der Waals surface area contributed by atoms with Gasteiger partial charge in [-0.3, -0.25) is 9.48 Å². The zero-order valence-electron chi connectivity index (χ0n) is 15.6. The van der Waals surface area contributed by atoms with Gasteiger partial charge in [-0.15, -0.1) is 0 Å². The highest BCUT2D eigenvalue weighted by atomic mass is 35.5. The molecule has 11 heteroatoms. The van der Waals surface area contributed by atoms with Crippen LogP contribution < -0.4 is 5.84 Å². The molecule has 2 aromatic rings. The molecule has 154 valence electrons. The van der Waals surface area contributed by atoms with Crippen LogP contribution in [0.4, 0.5) is 19.0 Å². The lowest BCUT2D eigenvalue weighted by molar-refractivity contribution is -0.137. The van der Waals surface area contributed by atoms with Crippen molar-refractivity contribution < 1.29 is 18.0 Å². The van der Waals surface area contributed by atoms with Gasteiger partial charge in [0.1, 0.15) is 5.71 Å². The number of benzene rings is 1. The molecular weight excluding hydrogens is 409 g/mol. The number of aliphatic imine (C=N–C) groups is 1. The van der Waals surface area contributed by atoms with Gasteiger partial charge in [0.15, 0.2) is 5.82 Å². The Hall–Kier alpha value is -2.88. The molecule has 0 radical (unpaired) electrons. The van der Waals surface area contributed by atoms with E-state index in [0.29, 0.717) is 23.7 Å². The summed E-state index contributed by atoms with van der Waals surface area (Å²) in [6.07, 6.45) is -2.61. The molecule has 1 aliphatic heterocycles. The minimum Gasteiger partial charge on any atom is -0.330 e. The van der Waals surface area contributed by atoms with Gasteiger partial charge in [0.2, 0.25) is 0 Å². The average Bonchev–Trinajstić information content (AvgIpc) is 3.05. The second kappa shape index (κ2) is 7.86. The van der Waals surface area contributed by atoms with Crippen LogP contribution in [-0.2, 0) is 13.2 Å². The highest BCUT2D eigenvalue weighted by molar-refractivity contribution is 6.45. The van der Waals surface area contributed by atoms with Crippen molar-refractivity contribution in [1.82, 2.24) is 14.7 Å². The van der Waals surface area contributed by atoms with E-state index in [9.17, 15) is 18.0 Å². The number of hydrazone groups is 1. The highest BCUT2D eigenvalue weighted by Crippen LogP contribution is 2.37. The molecule has 2 heterocycles. The number of nitrogens with two attached hydrogens (primary N) is 1. The number of halogens is 4. The summed E-state index contributed by atoms with van der Waals surface area (Å²) in [4.78, 5) is 18.8. The Kier molecular flexibility index (Phi) is 5.65. The minimum atomic E-state index is -4.66. The first-order valence-corrected chi connectivity index (χ1v) is 9.03. The summed E-state index contributed by atoms with van der Waals surface area (Å²) in [5, 5.41) is 7.31. The Morgan fingerprint density at radius 1 is 1.34 bits per heavy atom. The van der Waals surface area contributed by atoms with Gasteiger partial charge in [0.05, 0.1) is 27.9 Å². The van der Waals surface area contributed by atoms with Crippen LogP contribution >= 0.6 is 11.6 Å². The number of piperidine rings is 1. The Bertz CT molecular complexity index is 998. The third kappa shape index (κ3) is 4.12. The number of nitrogens with zero attached hydrogens (tertiary/aromatic N) is 5. The van der Waals surface area contributed by atoms with E-state index in [1.807, 2.05) is 0 Å². The lowest BCUT2D eigenvalue weighted by atomic mass is 9.97. The van der Waals surface area contributed by atoms with Crippen molar-refractivity contribution in [3.05, 3.63) is 46.6 Å². The SMILES string of the molecule is CC1C(=NN)C(=Nc2ccn(C)n2)CCN1C(=O)c1cccc(C(F)(F)F)c1Cl. The standard InChI is InChI=1S/C18H18ClF3N6O/c1-10-16(25-23)13(24-14-7-8-27(2)26-14)6-9-28(10)17(29)11-4-3-5-12(15(11)19)18(20,21)22/h3-5,7-8,10H,6,9,23H2,1-2H3. The van der Waals surface area contributed by atoms with Crippen molar-refractivity contribution in [2.24, 2.45) is 23.0 Å². The van der Waals surface area contributed by atoms with E-state index in [1.54, 1.807) is 30.9 Å². The fraction of sp³-hybridized carbons (Fsp3) is 0.333. The molecule has 0 bridgehead atoms. The van der Waals surface area contributed by atoms with Gasteiger partial charge in [0, 0.05) is 32.3 Å². The van der Waals surface area contributed by atoms with E-state index in [-0.39, 0.29) is 12.1 Å². The van der Waals surface area contributed by atoms with Gasteiger partial charge < -0.3 is 10.7 Å². The van der Waals surface area contributed by atoms with Crippen molar-refractivity contribution in [2.75, 3.05) is 6.54 Å². The number of rotatable bonds is 2. The molecule has 1 atom stereocenters. The first-order valence-electron chi connectivity index (χ1n) is 8.65. The maximum absolute atomic E-state index is 13.1. The van der Waals surface area contributed by atoms with Gasteiger partial charge >= 0.3 is 6.18 Å². The molecule has 2 N–H and O–H groups in total. The number of carbonyl (C=O) groups is 1. The maximum atomic E-state index is 13.1. The van der Waals surface area contributed by atoms with E-state index >= 15 is 0 Å². The van der Waals surface area contributed by atoms with Crippen LogP contribution in [0.5, 0.6) is 0 Å². The number of aryl methyl sites for hydroxylation is 1. The quantitative estimate of drug-likeness (QED) is 0.589. The van der Waals surface area contributed by atoms with Crippen LogP contribution in [0.15, 0.2) is 40.6 Å². The predicted molar refractivity (Wildman–Crippen MR) is 103 cm³/mol. The number of amides is 1. The lowest BCUT2D eigenvalue weighted by Gasteiger charge is -2.35. The summed E-state index contributed by atoms with van der Waals surface area (Å²) in [5.41, 5.74) is -0.356. The zero-order valence-corrected chi connectivity index (χ0v) is 16.4. The lowest BCUT2D eigenvalue weighted by Crippen LogP contribution is -2.51. The van der Waals surface area contributed by atoms with Crippen molar-refractivity contribution in [1.29, 1.82) is 0 Å². The largest absolute Gasteiger partial charge is 0.417 e. The topological polar surface area (TPSA) is 88.9 Å². The van der Waals surface area contributed by atoms with Crippen LogP contribution in [-0.4, -0.2) is 44.6 Å². The fourth-order valence-corrected chi connectivity index (χ4v) is 3.50. The first-order chi connectivity index (χ1) is 13.6. The Morgan fingerprint density at radius 2 is 2.07 bits per heavy atom. The number of alkyl halides is 3. The fourth-order valence-electron chi connectivity index (χ4n) is 3.18. The van der Waals surface area contributed by atoms with Gasteiger partial charge in [-0.1, -0.05) is 17.7 Å². The molecule has 1 aromatic heterocycles. The summed E-state index contributed by atoms with van der Waals surface area (Å²) in [5.74, 6) is 5.36. The molecule has 0 aliphatic carbocycles. The van der Waals surface area contributed by atoms with E-state index < -0.39 is 28.7 Å². The Balaban J connectivity index is 1.90. The van der Waals surface area contributed by atoms with E-state index in [4.69, 9.17) is 17.4 Å². The van der Waals surface area contributed by atoms with Crippen molar-refractivity contribution in [3.8, 4) is 0 Å². The summed E-state index contributed by atoms with van der Waals surface area (Å²) >= 11 is 5.91. The van der Waals surface area contributed by atoms with E-state index in [1.165, 1.54) is 11.0 Å². The molecular formula is C18H18ClF3N6O. The first kappa shape index (κ1) is 20.8. The zero-order chi connectivity index (χ0) is 21.3. The van der Waals surface area contributed by atoms with E-state index in [2.05, 4.69) is 15.2 Å². The number of aromatic nitrogens is 2. The Morgan fingerprint density at radius 3 is 2.66 bits per heavy atom. The number of hydrogen-bond acceptors (Lipinski definition) is 5. The second-order valence-electron chi connectivity index (χ2n) is 6.51. The molecule has 1 aliphatic rings.